The van der Waals surface area contributed by atoms with Crippen molar-refractivity contribution in [2.75, 3.05) is 13.6 Å². The van der Waals surface area contributed by atoms with Crippen molar-refractivity contribution in [3.8, 4) is 0 Å². The Labute approximate surface area is 104 Å². The van der Waals surface area contributed by atoms with Crippen LogP contribution in [-0.4, -0.2) is 34.3 Å². The van der Waals surface area contributed by atoms with Crippen molar-refractivity contribution in [3.63, 3.8) is 0 Å². The lowest BCUT2D eigenvalue weighted by atomic mass is 10.2. The Balaban J connectivity index is 2.53. The SMILES string of the molecule is C=CCN(C)C(=O)n1ncc2ccccc2c1=O. The van der Waals surface area contributed by atoms with Gasteiger partial charge in [-0.1, -0.05) is 24.3 Å². The highest BCUT2D eigenvalue weighted by molar-refractivity contribution is 5.84. The van der Waals surface area contributed by atoms with E-state index < -0.39 is 11.6 Å². The first kappa shape index (κ1) is 12.0. The van der Waals surface area contributed by atoms with Crippen LogP contribution in [0.1, 0.15) is 0 Å². The Bertz CT molecular complexity index is 661. The minimum absolute atomic E-state index is 0.361. The fraction of sp³-hybridized carbons (Fsp3) is 0.154. The number of aromatic nitrogens is 2. The van der Waals surface area contributed by atoms with Crippen LogP contribution in [0.3, 0.4) is 0 Å². The van der Waals surface area contributed by atoms with Gasteiger partial charge in [-0.2, -0.15) is 5.10 Å². The van der Waals surface area contributed by atoms with E-state index in [0.717, 1.165) is 10.1 Å². The molecule has 0 spiro atoms. The maximum Gasteiger partial charge on any atom is 0.348 e. The van der Waals surface area contributed by atoms with Crippen LogP contribution in [-0.2, 0) is 0 Å². The predicted octanol–water partition coefficient (Wildman–Crippen LogP) is 1.48. The van der Waals surface area contributed by atoms with Gasteiger partial charge in [-0.25, -0.2) is 4.79 Å². The molecule has 0 N–H and O–H groups in total. The van der Waals surface area contributed by atoms with Crippen LogP contribution < -0.4 is 5.56 Å². The van der Waals surface area contributed by atoms with Gasteiger partial charge in [-0.05, 0) is 6.07 Å². The summed E-state index contributed by atoms with van der Waals surface area (Å²) in [6.45, 7) is 3.91. The number of rotatable bonds is 2. The molecular weight excluding hydrogens is 230 g/mol. The van der Waals surface area contributed by atoms with E-state index in [9.17, 15) is 9.59 Å². The Morgan fingerprint density at radius 3 is 2.94 bits per heavy atom. The van der Waals surface area contributed by atoms with E-state index in [0.29, 0.717) is 11.9 Å². The molecule has 0 fully saturated rings. The molecule has 5 nitrogen and oxygen atoms in total. The second-order valence-electron chi connectivity index (χ2n) is 3.90. The fourth-order valence-corrected chi connectivity index (χ4v) is 1.66. The number of hydrogen-bond acceptors (Lipinski definition) is 3. The van der Waals surface area contributed by atoms with Gasteiger partial charge in [0.25, 0.3) is 5.56 Å². The molecule has 0 saturated carbocycles. The normalized spacial score (nSPS) is 10.3. The van der Waals surface area contributed by atoms with E-state index >= 15 is 0 Å². The van der Waals surface area contributed by atoms with Crippen molar-refractivity contribution in [3.05, 3.63) is 53.5 Å². The molecule has 1 heterocycles. The largest absolute Gasteiger partial charge is 0.348 e. The molecule has 0 radical (unpaired) electrons. The van der Waals surface area contributed by atoms with E-state index in [2.05, 4.69) is 11.7 Å². The van der Waals surface area contributed by atoms with Crippen molar-refractivity contribution in [1.82, 2.24) is 14.7 Å². The zero-order chi connectivity index (χ0) is 13.1. The van der Waals surface area contributed by atoms with Gasteiger partial charge in [-0.15, -0.1) is 11.3 Å². The zero-order valence-corrected chi connectivity index (χ0v) is 10.0. The molecule has 2 rings (SSSR count). The number of benzene rings is 1. The number of fused-ring (bicyclic) bond motifs is 1. The van der Waals surface area contributed by atoms with Crippen molar-refractivity contribution < 1.29 is 4.79 Å². The lowest BCUT2D eigenvalue weighted by Gasteiger charge is -2.14. The highest BCUT2D eigenvalue weighted by Crippen LogP contribution is 2.06. The lowest BCUT2D eigenvalue weighted by Crippen LogP contribution is -2.39. The Kier molecular flexibility index (Phi) is 3.23. The summed E-state index contributed by atoms with van der Waals surface area (Å²) in [7, 11) is 1.59. The molecule has 1 aromatic carbocycles. The molecule has 18 heavy (non-hydrogen) atoms. The average molecular weight is 243 g/mol. The Morgan fingerprint density at radius 1 is 1.50 bits per heavy atom. The zero-order valence-electron chi connectivity index (χ0n) is 10.0. The van der Waals surface area contributed by atoms with Gasteiger partial charge in [0.1, 0.15) is 0 Å². The smallest absolute Gasteiger partial charge is 0.322 e. The van der Waals surface area contributed by atoms with Crippen molar-refractivity contribution in [2.24, 2.45) is 0 Å². The van der Waals surface area contributed by atoms with Gasteiger partial charge in [-0.3, -0.25) is 4.79 Å². The summed E-state index contributed by atoms with van der Waals surface area (Å²) >= 11 is 0. The second-order valence-corrected chi connectivity index (χ2v) is 3.90. The minimum atomic E-state index is -0.467. The fourth-order valence-electron chi connectivity index (χ4n) is 1.66. The Morgan fingerprint density at radius 2 is 2.22 bits per heavy atom. The van der Waals surface area contributed by atoms with Crippen LogP contribution in [0.2, 0.25) is 0 Å². The van der Waals surface area contributed by atoms with Crippen LogP contribution in [0, 0.1) is 0 Å². The molecule has 2 aromatic rings. The van der Waals surface area contributed by atoms with Crippen molar-refractivity contribution >= 4 is 16.8 Å². The molecule has 1 aromatic heterocycles. The molecule has 5 heteroatoms. The Hall–Kier alpha value is -2.43. The van der Waals surface area contributed by atoms with Crippen LogP contribution in [0.5, 0.6) is 0 Å². The number of nitrogens with zero attached hydrogens (tertiary/aromatic N) is 3. The van der Waals surface area contributed by atoms with E-state index in [1.54, 1.807) is 31.3 Å². The summed E-state index contributed by atoms with van der Waals surface area (Å²) < 4.78 is 0.867. The van der Waals surface area contributed by atoms with Crippen LogP contribution in [0.25, 0.3) is 10.8 Å². The van der Waals surface area contributed by atoms with E-state index in [-0.39, 0.29) is 0 Å². The number of likely N-dealkylation sites (N-methyl/N-ethyl adjacent to an activating group) is 1. The number of carbonyl (C=O) groups excluding carboxylic acids is 1. The molecule has 92 valence electrons. The number of amides is 1. The average Bonchev–Trinajstić information content (AvgIpc) is 2.39. The third kappa shape index (κ3) is 2.02. The molecule has 0 saturated heterocycles. The third-order valence-electron chi connectivity index (χ3n) is 2.61. The first-order valence-electron chi connectivity index (χ1n) is 5.48. The molecule has 0 aliphatic heterocycles. The quantitative estimate of drug-likeness (QED) is 0.751. The first-order valence-corrected chi connectivity index (χ1v) is 5.48. The highest BCUT2D eigenvalue weighted by Gasteiger charge is 2.14. The van der Waals surface area contributed by atoms with Crippen LogP contribution in [0.4, 0.5) is 4.79 Å². The summed E-state index contributed by atoms with van der Waals surface area (Å²) in [6, 6.07) is 6.57. The molecule has 1 amide bonds. The molecule has 0 atom stereocenters. The maximum absolute atomic E-state index is 12.1. The predicted molar refractivity (Wildman–Crippen MR) is 69.6 cm³/mol. The van der Waals surface area contributed by atoms with Gasteiger partial charge < -0.3 is 4.90 Å². The number of hydrogen-bond donors (Lipinski definition) is 0. The number of carbonyl (C=O) groups is 1. The van der Waals surface area contributed by atoms with Gasteiger partial charge in [0.2, 0.25) is 0 Å². The first-order chi connectivity index (χ1) is 8.65. The highest BCUT2D eigenvalue weighted by atomic mass is 16.2. The van der Waals surface area contributed by atoms with Crippen molar-refractivity contribution in [2.45, 2.75) is 0 Å². The van der Waals surface area contributed by atoms with Crippen LogP contribution >= 0.6 is 0 Å². The summed E-state index contributed by atoms with van der Waals surface area (Å²) in [5, 5.41) is 5.09. The molecule has 0 aliphatic rings. The van der Waals surface area contributed by atoms with Crippen LogP contribution in [0.15, 0.2) is 47.9 Å². The summed E-state index contributed by atoms with van der Waals surface area (Å²) in [4.78, 5) is 25.5. The molecule has 0 aliphatic carbocycles. The maximum atomic E-state index is 12.1. The molecule has 0 unspecified atom stereocenters. The van der Waals surface area contributed by atoms with Gasteiger partial charge in [0.15, 0.2) is 0 Å². The van der Waals surface area contributed by atoms with E-state index in [1.807, 2.05) is 6.07 Å². The minimum Gasteiger partial charge on any atom is -0.322 e. The van der Waals surface area contributed by atoms with E-state index in [4.69, 9.17) is 0 Å². The van der Waals surface area contributed by atoms with E-state index in [1.165, 1.54) is 11.1 Å². The lowest BCUT2D eigenvalue weighted by molar-refractivity contribution is 0.210. The summed E-state index contributed by atoms with van der Waals surface area (Å²) in [6.07, 6.45) is 3.10. The third-order valence-corrected chi connectivity index (χ3v) is 2.61. The monoisotopic (exact) mass is 243 g/mol. The van der Waals surface area contributed by atoms with Gasteiger partial charge >= 0.3 is 6.03 Å². The molecular formula is C13H13N3O2. The van der Waals surface area contributed by atoms with Gasteiger partial charge in [0.05, 0.1) is 11.6 Å². The summed E-state index contributed by atoms with van der Waals surface area (Å²) in [5.74, 6) is 0. The summed E-state index contributed by atoms with van der Waals surface area (Å²) in [5.41, 5.74) is -0.408. The van der Waals surface area contributed by atoms with Crippen molar-refractivity contribution in [1.29, 1.82) is 0 Å². The topological polar surface area (TPSA) is 55.2 Å². The second kappa shape index (κ2) is 4.83. The standard InChI is InChI=1S/C13H13N3O2/c1-3-8-15(2)13(18)16-12(17)11-7-5-4-6-10(11)9-14-16/h3-7,9H,1,8H2,2H3. The van der Waals surface area contributed by atoms with Gasteiger partial charge in [0, 0.05) is 19.0 Å². The molecule has 0 bridgehead atoms.